The Balaban J connectivity index is 3.17. The van der Waals surface area contributed by atoms with Gasteiger partial charge >= 0.3 is 5.97 Å². The molecule has 0 aromatic heterocycles. The fourth-order valence-electron chi connectivity index (χ4n) is 1.96. The second-order valence-corrected chi connectivity index (χ2v) is 6.79. The first-order chi connectivity index (χ1) is 9.69. The first kappa shape index (κ1) is 17.5. The van der Waals surface area contributed by atoms with Crippen LogP contribution in [0.1, 0.15) is 37.3 Å². The number of rotatable bonds is 7. The first-order valence-corrected chi connectivity index (χ1v) is 8.07. The van der Waals surface area contributed by atoms with Crippen LogP contribution in [0, 0.1) is 6.92 Å². The molecule has 6 nitrogen and oxygen atoms in total. The number of carboxylic acid groups (broad SMARTS) is 1. The third-order valence-electron chi connectivity index (χ3n) is 3.07. The van der Waals surface area contributed by atoms with Gasteiger partial charge in [-0.2, -0.15) is 0 Å². The van der Waals surface area contributed by atoms with Crippen molar-refractivity contribution in [3.05, 3.63) is 23.3 Å². The molecule has 21 heavy (non-hydrogen) atoms. The van der Waals surface area contributed by atoms with Crippen molar-refractivity contribution in [3.8, 4) is 5.75 Å². The molecule has 0 spiro atoms. The number of hydrogen-bond donors (Lipinski definition) is 2. The molecule has 1 aromatic carbocycles. The summed E-state index contributed by atoms with van der Waals surface area (Å²) in [5.74, 6) is -0.299. The molecular weight excluding hydrogens is 294 g/mol. The number of carboxylic acids is 1. The van der Waals surface area contributed by atoms with Crippen molar-refractivity contribution in [2.75, 3.05) is 13.7 Å². The predicted molar refractivity (Wildman–Crippen MR) is 79.3 cm³/mol. The number of ether oxygens (including phenoxy) is 1. The van der Waals surface area contributed by atoms with Crippen LogP contribution in [0.15, 0.2) is 17.0 Å². The van der Waals surface area contributed by atoms with Crippen molar-refractivity contribution in [1.29, 1.82) is 0 Å². The van der Waals surface area contributed by atoms with E-state index in [4.69, 9.17) is 9.84 Å². The van der Waals surface area contributed by atoms with Crippen molar-refractivity contribution in [1.82, 2.24) is 4.72 Å². The van der Waals surface area contributed by atoms with Gasteiger partial charge in [0.2, 0.25) is 10.0 Å². The van der Waals surface area contributed by atoms with Crippen LogP contribution in [0.25, 0.3) is 0 Å². The summed E-state index contributed by atoms with van der Waals surface area (Å²) in [6, 6.07) is 3.27. The van der Waals surface area contributed by atoms with Crippen LogP contribution in [-0.2, 0) is 14.8 Å². The molecule has 1 rings (SSSR count). The van der Waals surface area contributed by atoms with E-state index < -0.39 is 16.0 Å². The summed E-state index contributed by atoms with van der Waals surface area (Å²) in [7, 11) is -2.19. The largest absolute Gasteiger partial charge is 0.496 e. The maximum atomic E-state index is 12.3. The van der Waals surface area contributed by atoms with Gasteiger partial charge in [0, 0.05) is 6.54 Å². The highest BCUT2D eigenvalue weighted by molar-refractivity contribution is 7.89. The number of hydrogen-bond acceptors (Lipinski definition) is 4. The average molecular weight is 315 g/mol. The van der Waals surface area contributed by atoms with Gasteiger partial charge in [0.1, 0.15) is 5.75 Å². The zero-order chi connectivity index (χ0) is 16.2. The Labute approximate surface area is 125 Å². The highest BCUT2D eigenvalue weighted by Crippen LogP contribution is 2.31. The molecule has 0 aliphatic carbocycles. The van der Waals surface area contributed by atoms with E-state index in [1.807, 2.05) is 13.8 Å². The zero-order valence-corrected chi connectivity index (χ0v) is 13.5. The van der Waals surface area contributed by atoms with E-state index in [1.165, 1.54) is 0 Å². The van der Waals surface area contributed by atoms with Crippen LogP contribution in [0.5, 0.6) is 5.75 Å². The lowest BCUT2D eigenvalue weighted by Gasteiger charge is -2.16. The van der Waals surface area contributed by atoms with E-state index in [2.05, 4.69) is 4.72 Å². The maximum absolute atomic E-state index is 12.3. The molecule has 0 aliphatic rings. The lowest BCUT2D eigenvalue weighted by molar-refractivity contribution is -0.136. The van der Waals surface area contributed by atoms with Crippen molar-refractivity contribution in [3.63, 3.8) is 0 Å². The second kappa shape index (κ2) is 6.91. The van der Waals surface area contributed by atoms with E-state index in [0.717, 1.165) is 5.56 Å². The van der Waals surface area contributed by atoms with E-state index in [-0.39, 0.29) is 23.8 Å². The minimum atomic E-state index is -3.74. The molecule has 7 heteroatoms. The predicted octanol–water partition coefficient (Wildman–Crippen LogP) is 1.88. The average Bonchev–Trinajstić information content (AvgIpc) is 2.36. The molecule has 0 heterocycles. The lowest BCUT2D eigenvalue weighted by atomic mass is 10.0. The van der Waals surface area contributed by atoms with Crippen molar-refractivity contribution >= 4 is 16.0 Å². The summed E-state index contributed by atoms with van der Waals surface area (Å²) < 4.78 is 32.1. The van der Waals surface area contributed by atoms with Crippen LogP contribution in [0.4, 0.5) is 0 Å². The summed E-state index contributed by atoms with van der Waals surface area (Å²) in [4.78, 5) is 10.6. The summed E-state index contributed by atoms with van der Waals surface area (Å²) in [5, 5.41) is 8.57. The molecule has 0 atom stereocenters. The number of sulfonamides is 1. The molecule has 0 fully saturated rings. The Hall–Kier alpha value is -1.60. The normalized spacial score (nSPS) is 11.7. The Bertz CT molecular complexity index is 622. The topological polar surface area (TPSA) is 92.7 Å². The second-order valence-electron chi connectivity index (χ2n) is 5.06. The van der Waals surface area contributed by atoms with Gasteiger partial charge in [-0.15, -0.1) is 0 Å². The summed E-state index contributed by atoms with van der Waals surface area (Å²) in [6.45, 7) is 5.43. The number of benzene rings is 1. The minimum absolute atomic E-state index is 0.105. The van der Waals surface area contributed by atoms with E-state index in [9.17, 15) is 13.2 Å². The summed E-state index contributed by atoms with van der Waals surface area (Å²) >= 11 is 0. The van der Waals surface area contributed by atoms with Gasteiger partial charge in [-0.25, -0.2) is 13.1 Å². The molecule has 2 N–H and O–H groups in total. The number of nitrogens with one attached hydrogen (secondary N) is 1. The van der Waals surface area contributed by atoms with Crippen LogP contribution >= 0.6 is 0 Å². The number of carbonyl (C=O) groups is 1. The molecule has 0 aliphatic heterocycles. The molecule has 118 valence electrons. The highest BCUT2D eigenvalue weighted by atomic mass is 32.2. The standard InChI is InChI=1S/C14H21NO5S/c1-9(2)11-8-13(10(3)7-12(11)20-4)21(18,19)15-6-5-14(16)17/h7-9,15H,5-6H2,1-4H3,(H,16,17). The summed E-state index contributed by atoms with van der Waals surface area (Å²) in [5.41, 5.74) is 1.35. The van der Waals surface area contributed by atoms with Crippen LogP contribution in [0.2, 0.25) is 0 Å². The van der Waals surface area contributed by atoms with Crippen LogP contribution in [-0.4, -0.2) is 33.1 Å². The number of aryl methyl sites for hydroxylation is 1. The first-order valence-electron chi connectivity index (χ1n) is 6.59. The van der Waals surface area contributed by atoms with Crippen molar-refractivity contribution in [2.24, 2.45) is 0 Å². The van der Waals surface area contributed by atoms with Gasteiger partial charge in [-0.1, -0.05) is 13.8 Å². The van der Waals surface area contributed by atoms with Gasteiger partial charge in [0.05, 0.1) is 18.4 Å². The van der Waals surface area contributed by atoms with E-state index in [1.54, 1.807) is 26.2 Å². The van der Waals surface area contributed by atoms with Gasteiger partial charge in [0.25, 0.3) is 0 Å². The Morgan fingerprint density at radius 1 is 1.38 bits per heavy atom. The maximum Gasteiger partial charge on any atom is 0.304 e. The monoisotopic (exact) mass is 315 g/mol. The lowest BCUT2D eigenvalue weighted by Crippen LogP contribution is -2.27. The Kier molecular flexibility index (Phi) is 5.74. The molecule has 0 unspecified atom stereocenters. The minimum Gasteiger partial charge on any atom is -0.496 e. The smallest absolute Gasteiger partial charge is 0.304 e. The molecule has 0 bridgehead atoms. The van der Waals surface area contributed by atoms with Gasteiger partial charge in [-0.05, 0) is 36.1 Å². The number of methoxy groups -OCH3 is 1. The molecule has 0 saturated carbocycles. The Morgan fingerprint density at radius 3 is 2.48 bits per heavy atom. The summed E-state index contributed by atoms with van der Waals surface area (Å²) in [6.07, 6.45) is -0.258. The third kappa shape index (κ3) is 4.44. The molecule has 1 aromatic rings. The highest BCUT2D eigenvalue weighted by Gasteiger charge is 2.20. The van der Waals surface area contributed by atoms with Crippen LogP contribution in [0.3, 0.4) is 0 Å². The Morgan fingerprint density at radius 2 is 2.00 bits per heavy atom. The van der Waals surface area contributed by atoms with Crippen molar-refractivity contribution < 1.29 is 23.1 Å². The quantitative estimate of drug-likeness (QED) is 0.801. The molecule has 0 radical (unpaired) electrons. The van der Waals surface area contributed by atoms with Crippen LogP contribution < -0.4 is 9.46 Å². The fourth-order valence-corrected chi connectivity index (χ4v) is 3.26. The molecule has 0 amide bonds. The van der Waals surface area contributed by atoms with Gasteiger partial charge in [0.15, 0.2) is 0 Å². The van der Waals surface area contributed by atoms with E-state index >= 15 is 0 Å². The van der Waals surface area contributed by atoms with E-state index in [0.29, 0.717) is 11.3 Å². The van der Waals surface area contributed by atoms with Gasteiger partial charge in [-0.3, -0.25) is 4.79 Å². The van der Waals surface area contributed by atoms with Crippen molar-refractivity contribution in [2.45, 2.75) is 38.0 Å². The molecular formula is C14H21NO5S. The SMILES string of the molecule is COc1cc(C)c(S(=O)(=O)NCCC(=O)O)cc1C(C)C. The van der Waals surface area contributed by atoms with Gasteiger partial charge < -0.3 is 9.84 Å². The molecule has 0 saturated heterocycles. The third-order valence-corrected chi connectivity index (χ3v) is 4.67. The zero-order valence-electron chi connectivity index (χ0n) is 12.6. The fraction of sp³-hybridized carbons (Fsp3) is 0.500. The number of aliphatic carboxylic acids is 1.